The molecule has 0 spiro atoms. The summed E-state index contributed by atoms with van der Waals surface area (Å²) in [5, 5.41) is 0. The van der Waals surface area contributed by atoms with Gasteiger partial charge in [0.25, 0.3) is 0 Å². The molecule has 0 radical (unpaired) electrons. The van der Waals surface area contributed by atoms with E-state index in [0.717, 1.165) is 0 Å². The molecule has 2 aromatic rings. The summed E-state index contributed by atoms with van der Waals surface area (Å²) in [5.74, 6) is 0.607. The summed E-state index contributed by atoms with van der Waals surface area (Å²) in [4.78, 5) is 0.387. The first kappa shape index (κ1) is 19.8. The van der Waals surface area contributed by atoms with E-state index in [2.05, 4.69) is 0 Å². The largest absolute Gasteiger partial charge is 0.494 e. The van der Waals surface area contributed by atoms with Crippen LogP contribution in [-0.4, -0.2) is 58.2 Å². The highest BCUT2D eigenvalue weighted by molar-refractivity contribution is 7.89. The zero-order chi connectivity index (χ0) is 19.5. The molecule has 0 N–H and O–H groups in total. The van der Waals surface area contributed by atoms with E-state index in [4.69, 9.17) is 4.74 Å². The van der Waals surface area contributed by atoms with Crippen LogP contribution in [0.1, 0.15) is 6.92 Å². The molecule has 0 saturated carbocycles. The van der Waals surface area contributed by atoms with Gasteiger partial charge in [-0.1, -0.05) is 18.2 Å². The van der Waals surface area contributed by atoms with Crippen LogP contribution in [0.3, 0.4) is 0 Å². The van der Waals surface area contributed by atoms with Crippen molar-refractivity contribution in [1.29, 1.82) is 0 Å². The van der Waals surface area contributed by atoms with Gasteiger partial charge in [-0.25, -0.2) is 16.8 Å². The van der Waals surface area contributed by atoms with Gasteiger partial charge in [-0.05, 0) is 43.3 Å². The summed E-state index contributed by atoms with van der Waals surface area (Å²) in [5.41, 5.74) is 0. The van der Waals surface area contributed by atoms with Crippen LogP contribution in [0.5, 0.6) is 5.75 Å². The predicted molar refractivity (Wildman–Crippen MR) is 102 cm³/mol. The van der Waals surface area contributed by atoms with Crippen LogP contribution in [0.2, 0.25) is 0 Å². The fourth-order valence-electron chi connectivity index (χ4n) is 2.92. The minimum absolute atomic E-state index is 0.113. The second-order valence-corrected chi connectivity index (χ2v) is 9.90. The molecule has 0 aliphatic carbocycles. The van der Waals surface area contributed by atoms with Crippen LogP contribution >= 0.6 is 0 Å². The molecule has 146 valence electrons. The van der Waals surface area contributed by atoms with Crippen molar-refractivity contribution in [2.45, 2.75) is 16.7 Å². The minimum atomic E-state index is -3.67. The van der Waals surface area contributed by atoms with Gasteiger partial charge in [-0.15, -0.1) is 0 Å². The lowest BCUT2D eigenvalue weighted by Crippen LogP contribution is -2.50. The van der Waals surface area contributed by atoms with Crippen molar-refractivity contribution in [3.8, 4) is 5.75 Å². The number of hydrogen-bond acceptors (Lipinski definition) is 5. The Labute approximate surface area is 160 Å². The predicted octanol–water partition coefficient (Wildman–Crippen LogP) is 1.78. The molecule has 3 rings (SSSR count). The van der Waals surface area contributed by atoms with Crippen molar-refractivity contribution in [3.05, 3.63) is 54.6 Å². The first-order valence-electron chi connectivity index (χ1n) is 8.64. The maximum absolute atomic E-state index is 12.8. The van der Waals surface area contributed by atoms with E-state index in [9.17, 15) is 16.8 Å². The third kappa shape index (κ3) is 4.16. The van der Waals surface area contributed by atoms with E-state index in [0.29, 0.717) is 12.4 Å². The molecule has 0 atom stereocenters. The lowest BCUT2D eigenvalue weighted by molar-refractivity contribution is 0.273. The number of nitrogens with zero attached hydrogens (tertiary/aromatic N) is 2. The number of rotatable bonds is 6. The average molecular weight is 411 g/mol. The second-order valence-electron chi connectivity index (χ2n) is 6.03. The van der Waals surface area contributed by atoms with E-state index < -0.39 is 20.0 Å². The molecule has 9 heteroatoms. The highest BCUT2D eigenvalue weighted by Gasteiger charge is 2.33. The summed E-state index contributed by atoms with van der Waals surface area (Å²) in [6.45, 7) is 2.82. The van der Waals surface area contributed by atoms with Gasteiger partial charge in [0.2, 0.25) is 20.0 Å². The van der Waals surface area contributed by atoms with Crippen LogP contribution in [0, 0.1) is 0 Å². The van der Waals surface area contributed by atoms with Gasteiger partial charge in [0.15, 0.2) is 0 Å². The Morgan fingerprint density at radius 1 is 0.741 bits per heavy atom. The van der Waals surface area contributed by atoms with Gasteiger partial charge in [-0.2, -0.15) is 8.61 Å². The third-order valence-electron chi connectivity index (χ3n) is 4.35. The highest BCUT2D eigenvalue weighted by Crippen LogP contribution is 2.23. The SMILES string of the molecule is CCOc1ccc(S(=O)(=O)N2CCN(S(=O)(=O)c3ccccc3)CC2)cc1. The Hall–Kier alpha value is -1.94. The van der Waals surface area contributed by atoms with Crippen LogP contribution < -0.4 is 4.74 Å². The van der Waals surface area contributed by atoms with Crippen molar-refractivity contribution < 1.29 is 21.6 Å². The molecular formula is C18H22N2O5S2. The molecule has 1 aliphatic heterocycles. The van der Waals surface area contributed by atoms with Crippen molar-refractivity contribution in [1.82, 2.24) is 8.61 Å². The smallest absolute Gasteiger partial charge is 0.243 e. The molecule has 0 amide bonds. The van der Waals surface area contributed by atoms with E-state index in [1.807, 2.05) is 6.92 Å². The Kier molecular flexibility index (Phi) is 5.85. The standard InChI is InChI=1S/C18H22N2O5S2/c1-2-25-16-8-10-18(11-9-16)27(23,24)20-14-12-19(13-15-20)26(21,22)17-6-4-3-5-7-17/h3-11H,2,12-15H2,1H3. The van der Waals surface area contributed by atoms with Gasteiger partial charge in [-0.3, -0.25) is 0 Å². The summed E-state index contributed by atoms with van der Waals surface area (Å²) < 4.78 is 58.9. The van der Waals surface area contributed by atoms with Crippen LogP contribution in [-0.2, 0) is 20.0 Å². The van der Waals surface area contributed by atoms with E-state index >= 15 is 0 Å². The van der Waals surface area contributed by atoms with Crippen molar-refractivity contribution >= 4 is 20.0 Å². The van der Waals surface area contributed by atoms with Gasteiger partial charge in [0.1, 0.15) is 5.75 Å². The molecule has 1 fully saturated rings. The number of hydrogen-bond donors (Lipinski definition) is 0. The fourth-order valence-corrected chi connectivity index (χ4v) is 5.78. The number of sulfonamides is 2. The number of ether oxygens (including phenoxy) is 1. The maximum Gasteiger partial charge on any atom is 0.243 e. The van der Waals surface area contributed by atoms with Crippen LogP contribution in [0.4, 0.5) is 0 Å². The van der Waals surface area contributed by atoms with Crippen molar-refractivity contribution in [2.75, 3.05) is 32.8 Å². The topological polar surface area (TPSA) is 84.0 Å². The van der Waals surface area contributed by atoms with Gasteiger partial charge in [0.05, 0.1) is 16.4 Å². The number of piperazine rings is 1. The monoisotopic (exact) mass is 410 g/mol. The molecule has 2 aromatic carbocycles. The average Bonchev–Trinajstić information content (AvgIpc) is 2.69. The molecule has 0 unspecified atom stereocenters. The van der Waals surface area contributed by atoms with E-state index in [-0.39, 0.29) is 36.0 Å². The van der Waals surface area contributed by atoms with E-state index in [1.165, 1.54) is 20.7 Å². The second kappa shape index (κ2) is 7.97. The summed E-state index contributed by atoms with van der Waals surface area (Å²) in [6.07, 6.45) is 0. The molecular weight excluding hydrogens is 388 g/mol. The summed E-state index contributed by atoms with van der Waals surface area (Å²) in [7, 11) is -7.28. The van der Waals surface area contributed by atoms with Gasteiger partial charge in [0, 0.05) is 26.2 Å². The summed E-state index contributed by atoms with van der Waals surface area (Å²) >= 11 is 0. The lowest BCUT2D eigenvalue weighted by atomic mass is 10.3. The molecule has 1 aliphatic rings. The highest BCUT2D eigenvalue weighted by atomic mass is 32.2. The molecule has 1 saturated heterocycles. The normalized spacial score (nSPS) is 16.9. The third-order valence-corrected chi connectivity index (χ3v) is 8.18. The molecule has 0 bridgehead atoms. The molecule has 1 heterocycles. The summed E-state index contributed by atoms with van der Waals surface area (Å²) in [6, 6.07) is 14.4. The Morgan fingerprint density at radius 2 is 1.19 bits per heavy atom. The zero-order valence-electron chi connectivity index (χ0n) is 15.0. The molecule has 0 aromatic heterocycles. The van der Waals surface area contributed by atoms with Crippen molar-refractivity contribution in [2.24, 2.45) is 0 Å². The fraction of sp³-hybridized carbons (Fsp3) is 0.333. The zero-order valence-corrected chi connectivity index (χ0v) is 16.6. The Balaban J connectivity index is 1.71. The quantitative estimate of drug-likeness (QED) is 0.725. The molecule has 7 nitrogen and oxygen atoms in total. The maximum atomic E-state index is 12.8. The Bertz CT molecular complexity index is 966. The van der Waals surface area contributed by atoms with E-state index in [1.54, 1.807) is 42.5 Å². The molecule has 27 heavy (non-hydrogen) atoms. The first-order valence-corrected chi connectivity index (χ1v) is 11.5. The first-order chi connectivity index (χ1) is 12.9. The number of benzene rings is 2. The van der Waals surface area contributed by atoms with Gasteiger partial charge >= 0.3 is 0 Å². The van der Waals surface area contributed by atoms with Crippen LogP contribution in [0.15, 0.2) is 64.4 Å². The minimum Gasteiger partial charge on any atom is -0.494 e. The van der Waals surface area contributed by atoms with Gasteiger partial charge < -0.3 is 4.74 Å². The Morgan fingerprint density at radius 3 is 1.63 bits per heavy atom. The van der Waals surface area contributed by atoms with Crippen molar-refractivity contribution in [3.63, 3.8) is 0 Å². The lowest BCUT2D eigenvalue weighted by Gasteiger charge is -2.33. The van der Waals surface area contributed by atoms with Crippen LogP contribution in [0.25, 0.3) is 0 Å².